The molecule has 0 heterocycles. The van der Waals surface area contributed by atoms with E-state index in [1.54, 1.807) is 0 Å². The summed E-state index contributed by atoms with van der Waals surface area (Å²) in [6.07, 6.45) is 52.9. The van der Waals surface area contributed by atoms with Crippen LogP contribution in [-0.2, 0) is 4.79 Å². The van der Waals surface area contributed by atoms with Crippen LogP contribution in [0.2, 0.25) is 0 Å². The Morgan fingerprint density at radius 1 is 0.468 bits per heavy atom. The summed E-state index contributed by atoms with van der Waals surface area (Å²) in [6.45, 7) is 5.15. The van der Waals surface area contributed by atoms with Crippen LogP contribution in [0.4, 0.5) is 0 Å². The molecule has 0 radical (unpaired) electrons. The molecule has 0 aromatic heterocycles. The molecule has 0 rings (SSSR count). The van der Waals surface area contributed by atoms with Gasteiger partial charge < -0.3 is 10.4 Å². The number of carbonyl (C=O) groups excluding carboxylic acids is 1. The van der Waals surface area contributed by atoms with Crippen molar-refractivity contribution in [3.8, 4) is 0 Å². The van der Waals surface area contributed by atoms with Crippen LogP contribution >= 0.6 is 0 Å². The summed E-state index contributed by atoms with van der Waals surface area (Å²) < 4.78 is 0. The Kier molecular flexibility index (Phi) is 40.6. The minimum Gasteiger partial charge on any atom is -0.389 e. The van der Waals surface area contributed by atoms with Crippen LogP contribution in [-0.4, -0.2) is 23.7 Å². The zero-order valence-corrected chi connectivity index (χ0v) is 32.5. The van der Waals surface area contributed by atoms with Crippen molar-refractivity contribution in [1.29, 1.82) is 0 Å². The molecule has 1 amide bonds. The summed E-state index contributed by atoms with van der Waals surface area (Å²) in [7, 11) is 0. The fourth-order valence-corrected chi connectivity index (χ4v) is 6.79. The molecule has 0 aromatic rings. The maximum atomic E-state index is 12.1. The molecular formula is C44H87NO2. The third kappa shape index (κ3) is 41.3. The summed E-state index contributed by atoms with van der Waals surface area (Å²) in [4.78, 5) is 12.1. The molecule has 0 aliphatic heterocycles. The third-order valence-electron chi connectivity index (χ3n) is 10.1. The van der Waals surface area contributed by atoms with Crippen molar-refractivity contribution in [2.45, 2.75) is 258 Å². The van der Waals surface area contributed by atoms with Gasteiger partial charge in [0.25, 0.3) is 0 Å². The van der Waals surface area contributed by atoms with Gasteiger partial charge in [0.05, 0.1) is 6.10 Å². The highest BCUT2D eigenvalue weighted by Gasteiger charge is 2.04. The summed E-state index contributed by atoms with van der Waals surface area (Å²) >= 11 is 0. The van der Waals surface area contributed by atoms with Crippen molar-refractivity contribution < 1.29 is 9.90 Å². The molecule has 1 unspecified atom stereocenters. The lowest BCUT2D eigenvalue weighted by molar-refractivity contribution is -0.121. The highest BCUT2D eigenvalue weighted by molar-refractivity contribution is 5.75. The lowest BCUT2D eigenvalue weighted by Gasteiger charge is -2.08. The number of rotatable bonds is 40. The first-order valence-corrected chi connectivity index (χ1v) is 21.8. The highest BCUT2D eigenvalue weighted by atomic mass is 16.3. The van der Waals surface area contributed by atoms with E-state index in [-0.39, 0.29) is 5.91 Å². The van der Waals surface area contributed by atoms with Gasteiger partial charge in [-0.2, -0.15) is 0 Å². The van der Waals surface area contributed by atoms with E-state index in [0.29, 0.717) is 19.4 Å². The number of aliphatic hydroxyl groups excluding tert-OH is 1. The molecule has 0 spiro atoms. The van der Waals surface area contributed by atoms with Gasteiger partial charge >= 0.3 is 0 Å². The van der Waals surface area contributed by atoms with Crippen LogP contribution in [0, 0.1) is 0 Å². The normalized spacial score (nSPS) is 12.3. The van der Waals surface area contributed by atoms with E-state index >= 15 is 0 Å². The molecule has 0 bridgehead atoms. The van der Waals surface area contributed by atoms with Crippen molar-refractivity contribution in [2.24, 2.45) is 0 Å². The first-order valence-electron chi connectivity index (χ1n) is 21.8. The van der Waals surface area contributed by atoms with E-state index in [4.69, 9.17) is 0 Å². The second-order valence-electron chi connectivity index (χ2n) is 15.0. The third-order valence-corrected chi connectivity index (χ3v) is 10.1. The summed E-state index contributed by atoms with van der Waals surface area (Å²) in [5.41, 5.74) is 0. The molecule has 0 fully saturated rings. The summed E-state index contributed by atoms with van der Waals surface area (Å²) in [6, 6.07) is 0. The lowest BCUT2D eigenvalue weighted by atomic mass is 10.0. The van der Waals surface area contributed by atoms with Crippen LogP contribution < -0.4 is 5.32 Å². The van der Waals surface area contributed by atoms with Gasteiger partial charge in [-0.05, 0) is 25.7 Å². The quantitative estimate of drug-likeness (QED) is 0.0507. The molecule has 1 atom stereocenters. The number of nitrogens with one attached hydrogen (secondary N) is 1. The van der Waals surface area contributed by atoms with Crippen molar-refractivity contribution in [3.05, 3.63) is 12.2 Å². The fraction of sp³-hybridized carbons (Fsp3) is 0.932. The maximum absolute atomic E-state index is 12.1. The average Bonchev–Trinajstić information content (AvgIpc) is 3.07. The lowest BCUT2D eigenvalue weighted by Crippen LogP contribution is -2.26. The number of hydrogen-bond donors (Lipinski definition) is 2. The van der Waals surface area contributed by atoms with Gasteiger partial charge in [-0.3, -0.25) is 4.79 Å². The molecule has 0 saturated heterocycles. The molecule has 0 aromatic carbocycles. The van der Waals surface area contributed by atoms with E-state index < -0.39 is 6.10 Å². The molecule has 0 aliphatic carbocycles. The molecule has 3 heteroatoms. The van der Waals surface area contributed by atoms with Gasteiger partial charge in [0, 0.05) is 13.0 Å². The van der Waals surface area contributed by atoms with Crippen molar-refractivity contribution in [1.82, 2.24) is 5.32 Å². The van der Waals surface area contributed by atoms with Gasteiger partial charge in [-0.25, -0.2) is 0 Å². The zero-order valence-electron chi connectivity index (χ0n) is 32.5. The van der Waals surface area contributed by atoms with Crippen molar-refractivity contribution >= 4 is 5.91 Å². The highest BCUT2D eigenvalue weighted by Crippen LogP contribution is 2.16. The number of carbonyl (C=O) groups is 1. The maximum Gasteiger partial charge on any atom is 0.219 e. The Morgan fingerprint density at radius 3 is 1.11 bits per heavy atom. The number of amides is 1. The van der Waals surface area contributed by atoms with E-state index in [0.717, 1.165) is 19.3 Å². The molecular weight excluding hydrogens is 574 g/mol. The van der Waals surface area contributed by atoms with Gasteiger partial charge in [0.2, 0.25) is 5.91 Å². The van der Waals surface area contributed by atoms with Crippen LogP contribution in [0.25, 0.3) is 0 Å². The molecule has 47 heavy (non-hydrogen) atoms. The molecule has 280 valence electrons. The molecule has 2 N–H and O–H groups in total. The number of aliphatic hydroxyl groups is 1. The van der Waals surface area contributed by atoms with Gasteiger partial charge in [0.15, 0.2) is 0 Å². The van der Waals surface area contributed by atoms with Gasteiger partial charge in [-0.1, -0.05) is 231 Å². The van der Waals surface area contributed by atoms with Crippen molar-refractivity contribution in [3.63, 3.8) is 0 Å². The topological polar surface area (TPSA) is 49.3 Å². The van der Waals surface area contributed by atoms with Crippen molar-refractivity contribution in [2.75, 3.05) is 6.54 Å². The predicted molar refractivity (Wildman–Crippen MR) is 210 cm³/mol. The standard InChI is InChI=1S/C44H87NO2/c1-3-5-7-9-11-13-15-17-18-19-20-21-22-23-24-25-26-28-30-32-34-36-38-40-44(47)45-42-41-43(46)39-37-35-33-31-29-27-16-14-12-10-8-6-4-2/h37,39,43,46H,3-36,38,40-42H2,1-2H3,(H,45,47)/b39-37+. The predicted octanol–water partition coefficient (Wildman–Crippen LogP) is 14.5. The minimum atomic E-state index is -0.442. The Bertz CT molecular complexity index is 618. The van der Waals surface area contributed by atoms with Crippen LogP contribution in [0.3, 0.4) is 0 Å². The number of allylic oxidation sites excluding steroid dienone is 1. The second kappa shape index (κ2) is 41.3. The second-order valence-corrected chi connectivity index (χ2v) is 15.0. The minimum absolute atomic E-state index is 0.144. The average molecular weight is 662 g/mol. The molecule has 0 saturated carbocycles. The SMILES string of the molecule is CCCCCCCCCCCCC/C=C/C(O)CCNC(=O)CCCCCCCCCCCCCCCCCCCCCCCCC. The first-order chi connectivity index (χ1) is 23.2. The Morgan fingerprint density at radius 2 is 0.766 bits per heavy atom. The number of hydrogen-bond acceptors (Lipinski definition) is 2. The van der Waals surface area contributed by atoms with E-state index in [9.17, 15) is 9.90 Å². The zero-order chi connectivity index (χ0) is 34.1. The Balaban J connectivity index is 3.28. The van der Waals surface area contributed by atoms with Crippen LogP contribution in [0.5, 0.6) is 0 Å². The molecule has 0 aliphatic rings. The van der Waals surface area contributed by atoms with Gasteiger partial charge in [-0.15, -0.1) is 0 Å². The summed E-state index contributed by atoms with van der Waals surface area (Å²) in [5.74, 6) is 0.144. The Hall–Kier alpha value is -0.830. The largest absolute Gasteiger partial charge is 0.389 e. The monoisotopic (exact) mass is 662 g/mol. The fourth-order valence-electron chi connectivity index (χ4n) is 6.79. The smallest absolute Gasteiger partial charge is 0.219 e. The van der Waals surface area contributed by atoms with Crippen LogP contribution in [0.1, 0.15) is 251 Å². The first kappa shape index (κ1) is 46.2. The number of unbranched alkanes of at least 4 members (excludes halogenated alkanes) is 33. The van der Waals surface area contributed by atoms with E-state index in [1.807, 2.05) is 6.08 Å². The Labute approximate surface area is 296 Å². The van der Waals surface area contributed by atoms with E-state index in [1.165, 1.54) is 205 Å². The van der Waals surface area contributed by atoms with Gasteiger partial charge in [0.1, 0.15) is 0 Å². The molecule has 3 nitrogen and oxygen atoms in total. The van der Waals surface area contributed by atoms with Crippen LogP contribution in [0.15, 0.2) is 12.2 Å². The van der Waals surface area contributed by atoms with E-state index in [2.05, 4.69) is 25.2 Å². The summed E-state index contributed by atoms with van der Waals surface area (Å²) in [5, 5.41) is 13.2.